The highest BCUT2D eigenvalue weighted by Gasteiger charge is 2.32. The molecule has 1 saturated carbocycles. The molecule has 0 unspecified atom stereocenters. The van der Waals surface area contributed by atoms with Gasteiger partial charge in [0.25, 0.3) is 0 Å². The van der Waals surface area contributed by atoms with Crippen molar-refractivity contribution in [1.29, 1.82) is 0 Å². The molecule has 2 fully saturated rings. The number of unbranched alkanes of at least 4 members (excludes halogenated alkanes) is 1. The van der Waals surface area contributed by atoms with E-state index in [4.69, 9.17) is 0 Å². The van der Waals surface area contributed by atoms with Crippen molar-refractivity contribution in [2.24, 2.45) is 17.8 Å². The third-order valence-corrected chi connectivity index (χ3v) is 11.4. The molecule has 1 aliphatic heterocycles. The molecular formula is C25H38F4OSi. The van der Waals surface area contributed by atoms with Crippen LogP contribution in [-0.4, -0.2) is 15.2 Å². The van der Waals surface area contributed by atoms with Crippen molar-refractivity contribution in [1.82, 2.24) is 0 Å². The van der Waals surface area contributed by atoms with Crippen molar-refractivity contribution in [2.45, 2.75) is 102 Å². The predicted octanol–water partition coefficient (Wildman–Crippen LogP) is 8.29. The molecule has 1 saturated heterocycles. The maximum Gasteiger partial charge on any atom is 0.573 e. The van der Waals surface area contributed by atoms with E-state index >= 15 is 0 Å². The molecule has 0 bridgehead atoms. The highest BCUT2D eigenvalue weighted by Crippen LogP contribution is 2.42. The van der Waals surface area contributed by atoms with E-state index in [1.807, 2.05) is 0 Å². The predicted molar refractivity (Wildman–Crippen MR) is 121 cm³/mol. The van der Waals surface area contributed by atoms with E-state index in [-0.39, 0.29) is 8.80 Å². The maximum absolute atomic E-state index is 13.8. The molecule has 1 nitrogen and oxygen atoms in total. The first-order valence-electron chi connectivity index (χ1n) is 12.4. The highest BCUT2D eigenvalue weighted by atomic mass is 28.3. The van der Waals surface area contributed by atoms with Crippen molar-refractivity contribution in [3.63, 3.8) is 0 Å². The van der Waals surface area contributed by atoms with E-state index in [0.717, 1.165) is 42.2 Å². The van der Waals surface area contributed by atoms with Gasteiger partial charge in [-0.15, -0.1) is 13.2 Å². The summed E-state index contributed by atoms with van der Waals surface area (Å²) < 4.78 is 54.2. The first-order valence-corrected chi connectivity index (χ1v) is 14.8. The number of halogens is 4. The average Bonchev–Trinajstić information content (AvgIpc) is 2.73. The Morgan fingerprint density at radius 2 is 1.65 bits per heavy atom. The second-order valence-corrected chi connectivity index (χ2v) is 13.4. The van der Waals surface area contributed by atoms with Crippen LogP contribution in [0.5, 0.6) is 5.75 Å². The van der Waals surface area contributed by atoms with E-state index < -0.39 is 17.9 Å². The summed E-state index contributed by atoms with van der Waals surface area (Å²) in [6.07, 6.45) is 9.04. The minimum Gasteiger partial charge on any atom is -0.403 e. The molecule has 2 aliphatic rings. The summed E-state index contributed by atoms with van der Waals surface area (Å²) in [5.41, 5.74) is 0.734. The number of alkyl halides is 3. The van der Waals surface area contributed by atoms with Crippen LogP contribution in [0.3, 0.4) is 0 Å². The molecule has 1 heterocycles. The number of hydrogen-bond acceptors (Lipinski definition) is 1. The van der Waals surface area contributed by atoms with E-state index in [2.05, 4.69) is 11.7 Å². The largest absolute Gasteiger partial charge is 0.573 e. The number of aryl methyl sites for hydroxylation is 1. The Hall–Kier alpha value is -1.04. The standard InChI is InChI=1S/C25H38F4OSi/c1-2-15-31-16-13-22(14-17-31)21-10-7-19(8-11-21)5-3-4-6-20-9-12-24(23(26)18-20)30-25(27,28)29/h9,12,18-19,21-22,31H,2-8,10-11,13-17H2,1H3. The maximum atomic E-state index is 13.8. The lowest BCUT2D eigenvalue weighted by Gasteiger charge is -2.37. The minimum absolute atomic E-state index is 0.373. The molecule has 0 N–H and O–H groups in total. The molecule has 6 heteroatoms. The molecule has 3 rings (SSSR count). The Labute approximate surface area is 186 Å². The average molecular weight is 459 g/mol. The van der Waals surface area contributed by atoms with Gasteiger partial charge in [0.05, 0.1) is 0 Å². The first kappa shape index (κ1) is 24.6. The second-order valence-electron chi connectivity index (χ2n) is 9.91. The normalized spacial score (nSPS) is 27.3. The quantitative estimate of drug-likeness (QED) is 0.205. The van der Waals surface area contributed by atoms with Crippen LogP contribution in [0.25, 0.3) is 0 Å². The van der Waals surface area contributed by atoms with Gasteiger partial charge in [-0.25, -0.2) is 4.39 Å². The molecule has 0 radical (unpaired) electrons. The third-order valence-electron chi connectivity index (χ3n) is 7.70. The van der Waals surface area contributed by atoms with Crippen LogP contribution in [0.2, 0.25) is 18.1 Å². The number of benzene rings is 1. The van der Waals surface area contributed by atoms with Gasteiger partial charge in [0.2, 0.25) is 0 Å². The van der Waals surface area contributed by atoms with Crippen LogP contribution in [-0.2, 0) is 6.42 Å². The van der Waals surface area contributed by atoms with Gasteiger partial charge < -0.3 is 4.74 Å². The second kappa shape index (κ2) is 11.7. The molecule has 1 aliphatic carbocycles. The lowest BCUT2D eigenvalue weighted by molar-refractivity contribution is -0.275. The van der Waals surface area contributed by atoms with Crippen LogP contribution in [0, 0.1) is 23.6 Å². The lowest BCUT2D eigenvalue weighted by atomic mass is 9.73. The smallest absolute Gasteiger partial charge is 0.403 e. The van der Waals surface area contributed by atoms with Gasteiger partial charge in [-0.05, 0) is 61.1 Å². The topological polar surface area (TPSA) is 9.23 Å². The fourth-order valence-electron chi connectivity index (χ4n) is 5.97. The first-order chi connectivity index (χ1) is 14.8. The Kier molecular flexibility index (Phi) is 9.29. The summed E-state index contributed by atoms with van der Waals surface area (Å²) in [7, 11) is -0.373. The summed E-state index contributed by atoms with van der Waals surface area (Å²) in [6, 6.07) is 8.51. The zero-order valence-electron chi connectivity index (χ0n) is 18.9. The van der Waals surface area contributed by atoms with Crippen LogP contribution >= 0.6 is 0 Å². The van der Waals surface area contributed by atoms with Crippen molar-refractivity contribution < 1.29 is 22.3 Å². The Morgan fingerprint density at radius 1 is 0.968 bits per heavy atom. The van der Waals surface area contributed by atoms with Crippen molar-refractivity contribution in [3.05, 3.63) is 29.6 Å². The SMILES string of the molecule is CCC[SiH]1CCC(C2CCC(CCCCc3ccc(OC(F)(F)F)c(F)c3)CC2)CC1. The van der Waals surface area contributed by atoms with Crippen molar-refractivity contribution in [2.75, 3.05) is 0 Å². The van der Waals surface area contributed by atoms with Gasteiger partial charge in [0, 0.05) is 8.80 Å². The molecule has 0 spiro atoms. The van der Waals surface area contributed by atoms with Crippen LogP contribution < -0.4 is 4.74 Å². The van der Waals surface area contributed by atoms with E-state index in [1.165, 1.54) is 63.5 Å². The monoisotopic (exact) mass is 458 g/mol. The van der Waals surface area contributed by atoms with Gasteiger partial charge in [-0.3, -0.25) is 0 Å². The van der Waals surface area contributed by atoms with Crippen LogP contribution in [0.1, 0.15) is 76.7 Å². The summed E-state index contributed by atoms with van der Waals surface area (Å²) in [5, 5.41) is 0. The molecular weight excluding hydrogens is 420 g/mol. The number of ether oxygens (including phenoxy) is 1. The Bertz CT molecular complexity index is 662. The molecule has 1 aromatic rings. The van der Waals surface area contributed by atoms with Gasteiger partial charge in [0.15, 0.2) is 11.6 Å². The molecule has 1 aromatic carbocycles. The van der Waals surface area contributed by atoms with Crippen molar-refractivity contribution >= 4 is 8.80 Å². The lowest BCUT2D eigenvalue weighted by Crippen LogP contribution is -2.28. The van der Waals surface area contributed by atoms with Crippen LogP contribution in [0.15, 0.2) is 18.2 Å². The fraction of sp³-hybridized carbons (Fsp3) is 0.760. The number of hydrogen-bond donors (Lipinski definition) is 0. The van der Waals surface area contributed by atoms with Crippen LogP contribution in [0.4, 0.5) is 17.6 Å². The summed E-state index contributed by atoms with van der Waals surface area (Å²) in [6.45, 7) is 2.34. The Balaban J connectivity index is 1.31. The molecule has 0 amide bonds. The highest BCUT2D eigenvalue weighted by molar-refractivity contribution is 6.58. The van der Waals surface area contributed by atoms with E-state index in [9.17, 15) is 17.6 Å². The van der Waals surface area contributed by atoms with Gasteiger partial charge in [-0.2, -0.15) is 0 Å². The van der Waals surface area contributed by atoms with E-state index in [0.29, 0.717) is 6.42 Å². The van der Waals surface area contributed by atoms with Gasteiger partial charge in [0.1, 0.15) is 0 Å². The zero-order chi connectivity index (χ0) is 22.3. The summed E-state index contributed by atoms with van der Waals surface area (Å²) in [5.74, 6) is 1.09. The van der Waals surface area contributed by atoms with E-state index in [1.54, 1.807) is 18.1 Å². The van der Waals surface area contributed by atoms with Gasteiger partial charge in [-0.1, -0.05) is 76.1 Å². The summed E-state index contributed by atoms with van der Waals surface area (Å²) in [4.78, 5) is 0. The zero-order valence-corrected chi connectivity index (χ0v) is 20.0. The van der Waals surface area contributed by atoms with Crippen molar-refractivity contribution in [3.8, 4) is 5.75 Å². The number of rotatable bonds is 9. The molecule has 0 aromatic heterocycles. The minimum atomic E-state index is -4.86. The molecule has 176 valence electrons. The third kappa shape index (κ3) is 8.10. The Morgan fingerprint density at radius 3 is 2.26 bits per heavy atom. The molecule has 0 atom stereocenters. The summed E-state index contributed by atoms with van der Waals surface area (Å²) >= 11 is 0. The van der Waals surface area contributed by atoms with Gasteiger partial charge >= 0.3 is 6.36 Å². The fourth-order valence-corrected chi connectivity index (χ4v) is 9.46. The molecule has 31 heavy (non-hydrogen) atoms.